The summed E-state index contributed by atoms with van der Waals surface area (Å²) in [7, 11) is 0. The van der Waals surface area contributed by atoms with Crippen molar-refractivity contribution in [2.75, 3.05) is 45.8 Å². The zero-order valence-corrected chi connectivity index (χ0v) is 44.1. The fraction of sp³-hybridized carbons (Fsp3) is 0.667. The molecule has 0 fully saturated rings. The van der Waals surface area contributed by atoms with Crippen LogP contribution in [0.1, 0.15) is 89.9 Å². The van der Waals surface area contributed by atoms with Crippen LogP contribution in [0.25, 0.3) is 0 Å². The molecular formula is C42H87N29O7. The lowest BCUT2D eigenvalue weighted by Gasteiger charge is -2.28. The Morgan fingerprint density at radius 1 is 0.256 bits per heavy atom. The fourth-order valence-corrected chi connectivity index (χ4v) is 6.94. The van der Waals surface area contributed by atoms with Crippen LogP contribution in [0, 0.1) is 0 Å². The predicted octanol–water partition coefficient (Wildman–Crippen LogP) is -10.9. The molecule has 78 heavy (non-hydrogen) atoms. The Kier molecular flexibility index (Phi) is 35.0. The number of nitrogens with zero attached hydrogens (tertiary/aromatic N) is 7. The van der Waals surface area contributed by atoms with Crippen LogP contribution >= 0.6 is 0 Å². The molecule has 0 spiro atoms. The van der Waals surface area contributed by atoms with Gasteiger partial charge in [-0.1, -0.05) is 0 Å². The van der Waals surface area contributed by atoms with E-state index in [0.29, 0.717) is 6.42 Å². The second kappa shape index (κ2) is 39.5. The number of nitrogens with two attached hydrogens (primary N) is 16. The van der Waals surface area contributed by atoms with Crippen molar-refractivity contribution in [3.63, 3.8) is 0 Å². The molecule has 7 atom stereocenters. The van der Waals surface area contributed by atoms with E-state index in [1.54, 1.807) is 0 Å². The number of carbonyl (C=O) groups is 7. The van der Waals surface area contributed by atoms with Crippen molar-refractivity contribution in [2.24, 2.45) is 127 Å². The van der Waals surface area contributed by atoms with Crippen molar-refractivity contribution in [3.8, 4) is 0 Å². The monoisotopic (exact) mass is 1110 g/mol. The molecular weight excluding hydrogens is 1020 g/mol. The molecule has 0 rings (SSSR count). The van der Waals surface area contributed by atoms with Gasteiger partial charge in [0, 0.05) is 45.8 Å². The summed E-state index contributed by atoms with van der Waals surface area (Å²) in [6.45, 7) is 0.450. The second-order valence-electron chi connectivity index (χ2n) is 17.5. The molecule has 36 heteroatoms. The van der Waals surface area contributed by atoms with E-state index in [4.69, 9.17) is 91.7 Å². The molecule has 0 unspecified atom stereocenters. The van der Waals surface area contributed by atoms with E-state index in [1.807, 2.05) is 0 Å². The highest BCUT2D eigenvalue weighted by molar-refractivity contribution is 5.97. The van der Waals surface area contributed by atoms with Crippen LogP contribution in [0.4, 0.5) is 0 Å². The van der Waals surface area contributed by atoms with Crippen LogP contribution in [-0.4, -0.2) is 171 Å². The van der Waals surface area contributed by atoms with E-state index < -0.39 is 83.6 Å². The van der Waals surface area contributed by atoms with E-state index in [-0.39, 0.29) is 171 Å². The lowest BCUT2D eigenvalue weighted by molar-refractivity contribution is -0.135. The van der Waals surface area contributed by atoms with Crippen LogP contribution in [0.2, 0.25) is 0 Å². The van der Waals surface area contributed by atoms with Crippen molar-refractivity contribution in [1.29, 1.82) is 0 Å². The lowest BCUT2D eigenvalue weighted by Crippen LogP contribution is -2.60. The number of hydrogen-bond donors (Lipinski definition) is 22. The summed E-state index contributed by atoms with van der Waals surface area (Å²) >= 11 is 0. The number of primary amides is 1. The van der Waals surface area contributed by atoms with Gasteiger partial charge < -0.3 is 124 Å². The number of carbonyl (C=O) groups excluding carboxylic acids is 7. The van der Waals surface area contributed by atoms with Gasteiger partial charge in [0.05, 0.1) is 6.04 Å². The van der Waals surface area contributed by atoms with Gasteiger partial charge in [-0.3, -0.25) is 68.5 Å². The van der Waals surface area contributed by atoms with Crippen LogP contribution in [0.3, 0.4) is 0 Å². The summed E-state index contributed by atoms with van der Waals surface area (Å²) in [5.41, 5.74) is 88.4. The summed E-state index contributed by atoms with van der Waals surface area (Å²) in [5.74, 6) is -7.38. The molecule has 7 amide bonds. The van der Waals surface area contributed by atoms with Crippen molar-refractivity contribution in [1.82, 2.24) is 31.9 Å². The van der Waals surface area contributed by atoms with E-state index in [0.717, 1.165) is 0 Å². The van der Waals surface area contributed by atoms with Gasteiger partial charge in [0.1, 0.15) is 36.3 Å². The first-order valence-electron chi connectivity index (χ1n) is 25.0. The number of nitrogens with one attached hydrogen (secondary N) is 6. The zero-order valence-electron chi connectivity index (χ0n) is 44.1. The first-order chi connectivity index (χ1) is 36.7. The summed E-state index contributed by atoms with van der Waals surface area (Å²) in [6.07, 6.45) is 0.951. The number of guanidine groups is 7. The Morgan fingerprint density at radius 2 is 0.423 bits per heavy atom. The number of hydrogen-bond acceptors (Lipinski definition) is 15. The van der Waals surface area contributed by atoms with E-state index >= 15 is 0 Å². The maximum atomic E-state index is 14.4. The first-order valence-corrected chi connectivity index (χ1v) is 25.0. The lowest BCUT2D eigenvalue weighted by atomic mass is 10.0. The van der Waals surface area contributed by atoms with Gasteiger partial charge in [-0.2, -0.15) is 0 Å². The highest BCUT2D eigenvalue weighted by Gasteiger charge is 2.33. The van der Waals surface area contributed by atoms with Gasteiger partial charge in [0.25, 0.3) is 0 Å². The van der Waals surface area contributed by atoms with Crippen LogP contribution in [0.15, 0.2) is 34.9 Å². The molecule has 38 N–H and O–H groups in total. The largest absolute Gasteiger partial charge is 0.370 e. The van der Waals surface area contributed by atoms with Crippen molar-refractivity contribution < 1.29 is 33.6 Å². The average molecular weight is 1110 g/mol. The van der Waals surface area contributed by atoms with E-state index in [2.05, 4.69) is 66.8 Å². The highest BCUT2D eigenvalue weighted by atomic mass is 16.2. The maximum absolute atomic E-state index is 14.4. The van der Waals surface area contributed by atoms with E-state index in [1.165, 1.54) is 0 Å². The Morgan fingerprint density at radius 3 is 0.615 bits per heavy atom. The van der Waals surface area contributed by atoms with Crippen molar-refractivity contribution in [2.45, 2.75) is 132 Å². The van der Waals surface area contributed by atoms with Crippen LogP contribution in [-0.2, 0) is 33.6 Å². The minimum absolute atomic E-state index is 0.00201. The molecule has 442 valence electrons. The van der Waals surface area contributed by atoms with Crippen molar-refractivity contribution in [3.05, 3.63) is 0 Å². The topological polar surface area (TPSA) is 695 Å². The molecule has 0 saturated carbocycles. The molecule has 0 aromatic rings. The summed E-state index contributed by atoms with van der Waals surface area (Å²) in [4.78, 5) is 124. The van der Waals surface area contributed by atoms with Gasteiger partial charge in [-0.25, -0.2) is 0 Å². The fourth-order valence-electron chi connectivity index (χ4n) is 6.94. The first kappa shape index (κ1) is 69.1. The van der Waals surface area contributed by atoms with Crippen LogP contribution in [0.5, 0.6) is 0 Å². The molecule has 36 nitrogen and oxygen atoms in total. The molecule has 0 radical (unpaired) electrons. The summed E-state index contributed by atoms with van der Waals surface area (Å²) in [6, 6.07) is -9.22. The van der Waals surface area contributed by atoms with Gasteiger partial charge in [0.15, 0.2) is 41.7 Å². The molecule has 0 aromatic carbocycles. The normalized spacial score (nSPS) is 13.2. The Hall–Kier alpha value is -8.86. The third-order valence-corrected chi connectivity index (χ3v) is 10.8. The molecule has 0 aromatic heterocycles. The van der Waals surface area contributed by atoms with Gasteiger partial charge >= 0.3 is 0 Å². The number of amides is 7. The predicted molar refractivity (Wildman–Crippen MR) is 298 cm³/mol. The smallest absolute Gasteiger partial charge is 0.243 e. The van der Waals surface area contributed by atoms with Gasteiger partial charge in [0.2, 0.25) is 41.4 Å². The molecule has 0 aliphatic heterocycles. The van der Waals surface area contributed by atoms with E-state index in [9.17, 15) is 33.6 Å². The number of rotatable bonds is 41. The number of aliphatic imine (C=N–C) groups is 7. The average Bonchev–Trinajstić information content (AvgIpc) is 3.34. The third-order valence-electron chi connectivity index (χ3n) is 10.8. The minimum Gasteiger partial charge on any atom is -0.370 e. The molecule has 0 saturated heterocycles. The SMILES string of the molecule is NC(=O)[C@H](CCCN=C(N)N)NC(=O)[C@H](CCCN=C(N)N)NC(=O)[C@H](CCCN=C(N)N)NC(=O)[C@H](CCCN=C(N)N)NC(=O)[C@H](CCCN=C(N)N)NC(=O)[C@H](CCCN=C(N)N)NC(=O)[C@@H](N)CCCN=C(N)N. The Bertz CT molecular complexity index is 2100. The quantitative estimate of drug-likeness (QED) is 0.0154. The molecule has 0 aliphatic rings. The van der Waals surface area contributed by atoms with Crippen LogP contribution < -0.4 is 124 Å². The summed E-state index contributed by atoms with van der Waals surface area (Å²) < 4.78 is 0. The Labute approximate surface area is 452 Å². The van der Waals surface area contributed by atoms with Gasteiger partial charge in [-0.05, 0) is 89.9 Å². The molecule has 0 heterocycles. The van der Waals surface area contributed by atoms with Crippen molar-refractivity contribution >= 4 is 83.1 Å². The Balaban J connectivity index is 7.16. The maximum Gasteiger partial charge on any atom is 0.243 e. The standard InChI is InChI=1S/C42H87N29O7/c43-22(8-1-15-59-36(45)46)30(73)67-24(10-3-17-61-38(49)50)32(75)69-26(12-5-19-63-40(53)54)34(77)71-28(14-7-21-65-42(57)58)35(78)70-27(13-6-20-64-41(55)56)33(76)68-25(11-4-18-62-39(51)52)31(74)66-23(29(44)72)9-2-16-60-37(47)48/h22-28H,1-21,43H2,(H2,44,72)(H,66,74)(H,67,73)(H,68,76)(H,69,75)(H,70,78)(H,71,77)(H4,45,46,59)(H4,47,48,60)(H4,49,50,61)(H4,51,52,62)(H4,53,54,63)(H4,55,56,64)(H4,57,58,65)/t22-,23-,24-,25-,26-,27-,28-/m0/s1. The summed E-state index contributed by atoms with van der Waals surface area (Å²) in [5, 5.41) is 15.8. The third kappa shape index (κ3) is 34.6. The zero-order chi connectivity index (χ0) is 59.2. The minimum atomic E-state index is -1.45. The second-order valence-corrected chi connectivity index (χ2v) is 17.5. The van der Waals surface area contributed by atoms with Gasteiger partial charge in [-0.15, -0.1) is 0 Å². The highest BCUT2D eigenvalue weighted by Crippen LogP contribution is 2.10. The molecule has 0 bridgehead atoms. The molecule has 0 aliphatic carbocycles.